The zero-order valence-corrected chi connectivity index (χ0v) is 14.5. The Bertz CT molecular complexity index is 714. The van der Waals surface area contributed by atoms with E-state index in [1.807, 2.05) is 0 Å². The lowest BCUT2D eigenvalue weighted by Crippen LogP contribution is -2.48. The minimum atomic E-state index is -5.21. The maximum atomic E-state index is 13.0. The second-order valence-corrected chi connectivity index (χ2v) is 8.30. The summed E-state index contributed by atoms with van der Waals surface area (Å²) >= 11 is 0. The minimum absolute atomic E-state index is 0.0224. The summed E-state index contributed by atoms with van der Waals surface area (Å²) in [5.74, 6) is -4.89. The highest BCUT2D eigenvalue weighted by molar-refractivity contribution is 7.56. The Kier molecular flexibility index (Phi) is 6.10. The summed E-state index contributed by atoms with van der Waals surface area (Å²) in [6.45, 7) is 0.0224. The second kappa shape index (κ2) is 7.77. The summed E-state index contributed by atoms with van der Waals surface area (Å²) in [6, 6.07) is 6.95. The quantitative estimate of drug-likeness (QED) is 0.632. The predicted octanol–water partition coefficient (Wildman–Crippen LogP) is 1.37. The molecule has 0 aromatic heterocycles. The first-order valence-corrected chi connectivity index (χ1v) is 9.52. The van der Waals surface area contributed by atoms with Crippen LogP contribution in [0.25, 0.3) is 0 Å². The van der Waals surface area contributed by atoms with Crippen molar-refractivity contribution in [2.24, 2.45) is 5.73 Å². The lowest BCUT2D eigenvalue weighted by atomic mass is 10.1. The highest BCUT2D eigenvalue weighted by atomic mass is 31.2. The van der Waals surface area contributed by atoms with Crippen molar-refractivity contribution in [3.63, 3.8) is 0 Å². The number of nitrogens with two attached hydrogens (primary N) is 1. The number of halogens is 3. The molecule has 1 heterocycles. The number of nitrogens with zero attached hydrogens (tertiary/aromatic N) is 1. The van der Waals surface area contributed by atoms with Crippen LogP contribution in [0.15, 0.2) is 30.3 Å². The molecule has 2 amide bonds. The number of carbonyl (C=O) groups excluding carboxylic acids is 2. The number of nitrogens with one attached hydrogen (secondary N) is 1. The molecule has 144 valence electrons. The van der Waals surface area contributed by atoms with Gasteiger partial charge in [0.15, 0.2) is 0 Å². The molecule has 7 nitrogen and oxygen atoms in total. The van der Waals surface area contributed by atoms with Crippen LogP contribution in [0, 0.1) is 0 Å². The topological polar surface area (TPSA) is 113 Å². The number of alkyl halides is 3. The summed E-state index contributed by atoms with van der Waals surface area (Å²) < 4.78 is 51.8. The number of amides is 2. The standard InChI is InChI=1S/C15H19F3N3O4P/c16-15(17,18)14(23)20-12(9-10-5-2-1-3-6-10)26(24,25)21-8-4-7-11(21)13(19)22/h1-3,5-6,11-12H,4,7-9H2,(H2,19,22)(H,20,23)(H,24,25)/t11-,12?/m0/s1. The van der Waals surface area contributed by atoms with Crippen LogP contribution in [0.2, 0.25) is 0 Å². The van der Waals surface area contributed by atoms with Gasteiger partial charge in [-0.25, -0.2) is 4.67 Å². The second-order valence-electron chi connectivity index (χ2n) is 5.99. The summed E-state index contributed by atoms with van der Waals surface area (Å²) in [5, 5.41) is 1.61. The Morgan fingerprint density at radius 3 is 2.50 bits per heavy atom. The van der Waals surface area contributed by atoms with Crippen LogP contribution in [0.5, 0.6) is 0 Å². The molecule has 11 heteroatoms. The van der Waals surface area contributed by atoms with E-state index in [-0.39, 0.29) is 19.4 Å². The van der Waals surface area contributed by atoms with Crippen molar-refractivity contribution >= 4 is 19.3 Å². The third-order valence-corrected chi connectivity index (χ3v) is 6.49. The van der Waals surface area contributed by atoms with Crippen LogP contribution in [-0.4, -0.2) is 45.9 Å². The van der Waals surface area contributed by atoms with Crippen LogP contribution in [-0.2, 0) is 20.6 Å². The largest absolute Gasteiger partial charge is 0.471 e. The molecule has 1 aromatic carbocycles. The first kappa shape index (κ1) is 20.4. The molecule has 2 rings (SSSR count). The van der Waals surface area contributed by atoms with Crippen molar-refractivity contribution in [2.75, 3.05) is 6.54 Å². The molecule has 0 spiro atoms. The van der Waals surface area contributed by atoms with Gasteiger partial charge in [0.1, 0.15) is 5.78 Å². The maximum absolute atomic E-state index is 13.0. The Balaban J connectivity index is 2.33. The monoisotopic (exact) mass is 393 g/mol. The normalized spacial score (nSPS) is 21.8. The molecule has 0 aliphatic carbocycles. The van der Waals surface area contributed by atoms with Crippen LogP contribution in [0.1, 0.15) is 18.4 Å². The Hall–Kier alpha value is -1.90. The number of hydrogen-bond acceptors (Lipinski definition) is 3. The van der Waals surface area contributed by atoms with Crippen LogP contribution in [0.4, 0.5) is 13.2 Å². The van der Waals surface area contributed by atoms with Crippen molar-refractivity contribution in [3.05, 3.63) is 35.9 Å². The number of rotatable bonds is 6. The Morgan fingerprint density at radius 2 is 1.96 bits per heavy atom. The van der Waals surface area contributed by atoms with E-state index in [2.05, 4.69) is 0 Å². The van der Waals surface area contributed by atoms with Gasteiger partial charge in [0.25, 0.3) is 7.52 Å². The van der Waals surface area contributed by atoms with E-state index in [0.717, 1.165) is 4.67 Å². The molecule has 0 saturated carbocycles. The van der Waals surface area contributed by atoms with Gasteiger partial charge in [-0.2, -0.15) is 13.2 Å². The van der Waals surface area contributed by atoms with Crippen molar-refractivity contribution in [1.29, 1.82) is 0 Å². The molecule has 1 fully saturated rings. The van der Waals surface area contributed by atoms with E-state index < -0.39 is 37.3 Å². The fourth-order valence-electron chi connectivity index (χ4n) is 2.89. The third kappa shape index (κ3) is 4.63. The maximum Gasteiger partial charge on any atom is 0.471 e. The summed E-state index contributed by atoms with van der Waals surface area (Å²) in [6.07, 6.45) is -4.89. The average Bonchev–Trinajstić information content (AvgIpc) is 3.05. The summed E-state index contributed by atoms with van der Waals surface area (Å²) in [7, 11) is -4.55. The van der Waals surface area contributed by atoms with Gasteiger partial charge in [-0.05, 0) is 18.4 Å². The van der Waals surface area contributed by atoms with Crippen molar-refractivity contribution in [3.8, 4) is 0 Å². The zero-order valence-electron chi connectivity index (χ0n) is 13.6. The Labute approximate surface area is 147 Å². The highest BCUT2D eigenvalue weighted by Crippen LogP contribution is 2.53. The summed E-state index contributed by atoms with van der Waals surface area (Å²) in [4.78, 5) is 33.4. The van der Waals surface area contributed by atoms with E-state index in [4.69, 9.17) is 5.73 Å². The summed E-state index contributed by atoms with van der Waals surface area (Å²) in [5.41, 5.74) is 5.69. The molecule has 3 atom stereocenters. The van der Waals surface area contributed by atoms with Gasteiger partial charge in [-0.3, -0.25) is 14.2 Å². The fraction of sp³-hybridized carbons (Fsp3) is 0.467. The average molecular weight is 393 g/mol. The van der Waals surface area contributed by atoms with Gasteiger partial charge in [-0.15, -0.1) is 0 Å². The fourth-order valence-corrected chi connectivity index (χ4v) is 5.04. The SMILES string of the molecule is NC(=O)[C@@H]1CCCN1P(=O)(O)C(Cc1ccccc1)NC(=O)C(F)(F)F. The van der Waals surface area contributed by atoms with Gasteiger partial charge in [0, 0.05) is 13.0 Å². The van der Waals surface area contributed by atoms with Crippen molar-refractivity contribution < 1.29 is 32.2 Å². The molecule has 1 aliphatic heterocycles. The number of hydrogen-bond donors (Lipinski definition) is 3. The Morgan fingerprint density at radius 1 is 1.35 bits per heavy atom. The molecule has 1 saturated heterocycles. The van der Waals surface area contributed by atoms with Crippen LogP contribution < -0.4 is 11.1 Å². The molecular weight excluding hydrogens is 374 g/mol. The molecule has 0 radical (unpaired) electrons. The highest BCUT2D eigenvalue weighted by Gasteiger charge is 2.48. The molecule has 2 unspecified atom stereocenters. The van der Waals surface area contributed by atoms with E-state index in [1.54, 1.807) is 35.6 Å². The van der Waals surface area contributed by atoms with Gasteiger partial charge in [0.2, 0.25) is 5.91 Å². The number of carbonyl (C=O) groups is 2. The lowest BCUT2D eigenvalue weighted by molar-refractivity contribution is -0.173. The van der Waals surface area contributed by atoms with Crippen molar-refractivity contribution in [2.45, 2.75) is 37.3 Å². The van der Waals surface area contributed by atoms with E-state index >= 15 is 0 Å². The van der Waals surface area contributed by atoms with Gasteiger partial charge >= 0.3 is 12.1 Å². The van der Waals surface area contributed by atoms with E-state index in [1.165, 1.54) is 0 Å². The van der Waals surface area contributed by atoms with Crippen LogP contribution in [0.3, 0.4) is 0 Å². The molecule has 1 aliphatic rings. The molecular formula is C15H19F3N3O4P. The van der Waals surface area contributed by atoms with Crippen LogP contribution >= 0.6 is 7.52 Å². The third-order valence-electron chi connectivity index (χ3n) is 4.15. The van der Waals surface area contributed by atoms with Gasteiger partial charge in [0.05, 0.1) is 6.04 Å². The number of benzene rings is 1. The lowest BCUT2D eigenvalue weighted by Gasteiger charge is -2.33. The molecule has 0 bridgehead atoms. The molecule has 4 N–H and O–H groups in total. The van der Waals surface area contributed by atoms with E-state index in [0.29, 0.717) is 12.0 Å². The first-order valence-electron chi connectivity index (χ1n) is 7.84. The minimum Gasteiger partial charge on any atom is -0.368 e. The molecule has 1 aromatic rings. The predicted molar refractivity (Wildman–Crippen MR) is 86.9 cm³/mol. The van der Waals surface area contributed by atoms with E-state index in [9.17, 15) is 32.2 Å². The van der Waals surface area contributed by atoms with Gasteiger partial charge in [-0.1, -0.05) is 30.3 Å². The molecule has 26 heavy (non-hydrogen) atoms. The number of primary amides is 1. The zero-order chi connectivity index (χ0) is 19.5. The first-order chi connectivity index (χ1) is 12.0. The smallest absolute Gasteiger partial charge is 0.368 e. The van der Waals surface area contributed by atoms with Gasteiger partial charge < -0.3 is 15.9 Å². The van der Waals surface area contributed by atoms with Crippen molar-refractivity contribution in [1.82, 2.24) is 9.99 Å².